The van der Waals surface area contributed by atoms with Crippen LogP contribution in [0.5, 0.6) is 0 Å². The van der Waals surface area contributed by atoms with Crippen LogP contribution in [0.3, 0.4) is 0 Å². The summed E-state index contributed by atoms with van der Waals surface area (Å²) >= 11 is 0. The lowest BCUT2D eigenvalue weighted by molar-refractivity contribution is -0.141. The van der Waals surface area contributed by atoms with Gasteiger partial charge < -0.3 is 14.2 Å². The zero-order valence-electron chi connectivity index (χ0n) is 17.3. The van der Waals surface area contributed by atoms with Gasteiger partial charge in [-0.25, -0.2) is 4.79 Å². The molecule has 1 aromatic rings. The zero-order valence-corrected chi connectivity index (χ0v) is 17.3. The number of hydrogen-bond donors (Lipinski definition) is 0. The van der Waals surface area contributed by atoms with E-state index in [4.69, 9.17) is 14.2 Å². The maximum absolute atomic E-state index is 12.7. The number of amides is 1. The molecular weight excluding hydrogens is 370 g/mol. The summed E-state index contributed by atoms with van der Waals surface area (Å²) in [5.41, 5.74) is 1.09. The van der Waals surface area contributed by atoms with Gasteiger partial charge in [-0.3, -0.25) is 9.69 Å². The van der Waals surface area contributed by atoms with Gasteiger partial charge in [0.15, 0.2) is 6.10 Å². The molecule has 6 nitrogen and oxygen atoms in total. The van der Waals surface area contributed by atoms with Crippen LogP contribution in [0.1, 0.15) is 51.0 Å². The number of rotatable bonds is 10. The average molecular weight is 402 g/mol. The van der Waals surface area contributed by atoms with E-state index in [1.165, 1.54) is 7.11 Å². The fourth-order valence-corrected chi connectivity index (χ4v) is 4.08. The molecule has 6 heteroatoms. The maximum Gasteiger partial charge on any atom is 0.411 e. The van der Waals surface area contributed by atoms with Crippen LogP contribution < -0.4 is 0 Å². The van der Waals surface area contributed by atoms with Crippen LogP contribution in [0.4, 0.5) is 4.79 Å². The van der Waals surface area contributed by atoms with Crippen molar-refractivity contribution in [1.82, 2.24) is 4.90 Å². The zero-order chi connectivity index (χ0) is 20.6. The number of nitrogens with zero attached hydrogens (tertiary/aromatic N) is 1. The first-order chi connectivity index (χ1) is 14.1. The normalized spacial score (nSPS) is 24.1. The van der Waals surface area contributed by atoms with Crippen LogP contribution in [0.25, 0.3) is 0 Å². The molecule has 0 N–H and O–H groups in total. The minimum absolute atomic E-state index is 0.171. The third kappa shape index (κ3) is 5.38. The van der Waals surface area contributed by atoms with Gasteiger partial charge in [-0.15, -0.1) is 0 Å². The van der Waals surface area contributed by atoms with Crippen molar-refractivity contribution in [2.75, 3.05) is 7.11 Å². The van der Waals surface area contributed by atoms with Crippen molar-refractivity contribution in [3.05, 3.63) is 48.0 Å². The van der Waals surface area contributed by atoms with Crippen LogP contribution in [0.15, 0.2) is 42.5 Å². The molecule has 2 heterocycles. The molecule has 3 rings (SSSR count). The van der Waals surface area contributed by atoms with Gasteiger partial charge in [-0.2, -0.15) is 0 Å². The standard InChI is InChI=1S/C23H31NO5/c1-3-4-6-14-20(28-16-17-10-7-5-8-11-17)22-19-13-9-12-18(15-21(25)27-2)24(19)23(26)29-22/h5,7-11,13,18-20,22H,3-4,6,12,14-16H2,1-2H3/t18-,19-,20+,22-/m1/s1. The summed E-state index contributed by atoms with van der Waals surface area (Å²) in [6.07, 6.45) is 7.98. The van der Waals surface area contributed by atoms with E-state index in [2.05, 4.69) is 6.92 Å². The highest BCUT2D eigenvalue weighted by atomic mass is 16.6. The second kappa shape index (κ2) is 10.4. The molecule has 0 bridgehead atoms. The summed E-state index contributed by atoms with van der Waals surface area (Å²) < 4.78 is 16.9. The Labute approximate surface area is 172 Å². The highest BCUT2D eigenvalue weighted by Gasteiger charge is 2.49. The minimum atomic E-state index is -0.375. The summed E-state index contributed by atoms with van der Waals surface area (Å²) in [6, 6.07) is 9.57. The first-order valence-electron chi connectivity index (χ1n) is 10.5. The number of cyclic esters (lactones) is 1. The van der Waals surface area contributed by atoms with Crippen LogP contribution >= 0.6 is 0 Å². The molecule has 4 atom stereocenters. The third-order valence-corrected chi connectivity index (χ3v) is 5.64. The van der Waals surface area contributed by atoms with Crippen LogP contribution in [-0.4, -0.2) is 48.4 Å². The van der Waals surface area contributed by atoms with E-state index in [0.717, 1.165) is 31.2 Å². The molecule has 0 saturated carbocycles. The van der Waals surface area contributed by atoms with E-state index >= 15 is 0 Å². The van der Waals surface area contributed by atoms with E-state index in [-0.39, 0.29) is 42.8 Å². The van der Waals surface area contributed by atoms with Gasteiger partial charge in [0.2, 0.25) is 0 Å². The second-order valence-electron chi connectivity index (χ2n) is 7.68. The molecule has 0 unspecified atom stereocenters. The topological polar surface area (TPSA) is 65.1 Å². The number of carbonyl (C=O) groups is 2. The first kappa shape index (κ1) is 21.4. The predicted octanol–water partition coefficient (Wildman–Crippen LogP) is 4.23. The second-order valence-corrected chi connectivity index (χ2v) is 7.68. The lowest BCUT2D eigenvalue weighted by Crippen LogP contribution is -2.48. The van der Waals surface area contributed by atoms with Crippen molar-refractivity contribution in [2.24, 2.45) is 0 Å². The summed E-state index contributed by atoms with van der Waals surface area (Å²) in [4.78, 5) is 26.1. The Morgan fingerprint density at radius 1 is 1.28 bits per heavy atom. The molecular formula is C23H31NO5. The fourth-order valence-electron chi connectivity index (χ4n) is 4.08. The van der Waals surface area contributed by atoms with Gasteiger partial charge in [0, 0.05) is 6.04 Å². The van der Waals surface area contributed by atoms with Crippen molar-refractivity contribution < 1.29 is 23.8 Å². The molecule has 29 heavy (non-hydrogen) atoms. The third-order valence-electron chi connectivity index (χ3n) is 5.64. The highest BCUT2D eigenvalue weighted by molar-refractivity contribution is 5.75. The Balaban J connectivity index is 1.72. The van der Waals surface area contributed by atoms with Crippen LogP contribution in [0, 0.1) is 0 Å². The summed E-state index contributed by atoms with van der Waals surface area (Å²) in [5.74, 6) is -0.319. The molecule has 0 aliphatic carbocycles. The van der Waals surface area contributed by atoms with E-state index in [1.54, 1.807) is 4.90 Å². The largest absolute Gasteiger partial charge is 0.469 e. The Morgan fingerprint density at radius 2 is 2.07 bits per heavy atom. The number of benzene rings is 1. The van der Waals surface area contributed by atoms with Crippen molar-refractivity contribution in [3.63, 3.8) is 0 Å². The molecule has 158 valence electrons. The van der Waals surface area contributed by atoms with E-state index in [0.29, 0.717) is 13.0 Å². The smallest absolute Gasteiger partial charge is 0.411 e. The molecule has 2 aliphatic rings. The van der Waals surface area contributed by atoms with Gasteiger partial charge in [-0.05, 0) is 18.4 Å². The average Bonchev–Trinajstić information content (AvgIpc) is 3.08. The highest BCUT2D eigenvalue weighted by Crippen LogP contribution is 2.34. The quantitative estimate of drug-likeness (QED) is 0.333. The molecule has 1 amide bonds. The molecule has 0 spiro atoms. The van der Waals surface area contributed by atoms with E-state index in [1.807, 2.05) is 42.5 Å². The molecule has 0 radical (unpaired) electrons. The molecule has 1 saturated heterocycles. The molecule has 0 aromatic heterocycles. The Kier molecular flexibility index (Phi) is 7.69. The Bertz CT molecular complexity index is 704. The number of ether oxygens (including phenoxy) is 3. The first-order valence-corrected chi connectivity index (χ1v) is 10.5. The fraction of sp³-hybridized carbons (Fsp3) is 0.565. The summed E-state index contributed by atoms with van der Waals surface area (Å²) in [7, 11) is 1.37. The minimum Gasteiger partial charge on any atom is -0.469 e. The molecule has 1 aromatic carbocycles. The van der Waals surface area contributed by atoms with Crippen molar-refractivity contribution in [1.29, 1.82) is 0 Å². The molecule has 2 aliphatic heterocycles. The van der Waals surface area contributed by atoms with Gasteiger partial charge in [0.05, 0.1) is 32.3 Å². The maximum atomic E-state index is 12.7. The summed E-state index contributed by atoms with van der Waals surface area (Å²) in [6.45, 7) is 2.64. The Morgan fingerprint density at radius 3 is 2.79 bits per heavy atom. The number of methoxy groups -OCH3 is 1. The lowest BCUT2D eigenvalue weighted by Gasteiger charge is -2.34. The SMILES string of the molecule is CCCCC[C@H](OCc1ccccc1)[C@@H]1OC(=O)N2[C@@H](CC(=O)OC)CC=C[C@H]12. The summed E-state index contributed by atoms with van der Waals surface area (Å²) in [5, 5.41) is 0. The van der Waals surface area contributed by atoms with Crippen molar-refractivity contribution >= 4 is 12.1 Å². The van der Waals surface area contributed by atoms with Gasteiger partial charge in [0.1, 0.15) is 0 Å². The number of carbonyl (C=O) groups excluding carboxylic acids is 2. The number of fused-ring (bicyclic) bond motifs is 1. The van der Waals surface area contributed by atoms with E-state index in [9.17, 15) is 9.59 Å². The van der Waals surface area contributed by atoms with E-state index < -0.39 is 0 Å². The predicted molar refractivity (Wildman–Crippen MR) is 109 cm³/mol. The lowest BCUT2D eigenvalue weighted by atomic mass is 9.94. The van der Waals surface area contributed by atoms with Crippen LogP contribution in [-0.2, 0) is 25.6 Å². The Hall–Kier alpha value is -2.34. The van der Waals surface area contributed by atoms with Gasteiger partial charge in [0.25, 0.3) is 0 Å². The molecule has 1 fully saturated rings. The van der Waals surface area contributed by atoms with Crippen molar-refractivity contribution in [3.8, 4) is 0 Å². The monoisotopic (exact) mass is 401 g/mol. The number of hydrogen-bond acceptors (Lipinski definition) is 5. The van der Waals surface area contributed by atoms with Gasteiger partial charge in [-0.1, -0.05) is 68.7 Å². The van der Waals surface area contributed by atoms with Crippen molar-refractivity contribution in [2.45, 2.75) is 76.3 Å². The number of esters is 1. The number of unbranched alkanes of at least 4 members (excludes halogenated alkanes) is 2. The van der Waals surface area contributed by atoms with Crippen LogP contribution in [0.2, 0.25) is 0 Å². The van der Waals surface area contributed by atoms with Gasteiger partial charge >= 0.3 is 12.1 Å².